The molecule has 1 saturated heterocycles. The average Bonchev–Trinajstić information content (AvgIpc) is 2.82. The molecule has 7 heteroatoms. The minimum absolute atomic E-state index is 0.0956. The maximum Gasteiger partial charge on any atom is 0.334 e. The van der Waals surface area contributed by atoms with E-state index < -0.39 is 30.3 Å². The molecular formula is C20H27N3O4. The first-order chi connectivity index (χ1) is 12.7. The summed E-state index contributed by atoms with van der Waals surface area (Å²) in [6.45, 7) is 9.42. The van der Waals surface area contributed by atoms with Crippen LogP contribution in [0.25, 0.3) is 0 Å². The van der Waals surface area contributed by atoms with Crippen molar-refractivity contribution < 1.29 is 19.2 Å². The second-order valence-electron chi connectivity index (χ2n) is 7.33. The number of nitrogens with zero attached hydrogens (tertiary/aromatic N) is 2. The number of urea groups is 1. The van der Waals surface area contributed by atoms with Crippen molar-refractivity contribution in [3.05, 3.63) is 35.4 Å². The first-order valence-corrected chi connectivity index (χ1v) is 9.23. The van der Waals surface area contributed by atoms with E-state index in [0.717, 1.165) is 10.5 Å². The van der Waals surface area contributed by atoms with Gasteiger partial charge in [-0.15, -0.1) is 0 Å². The van der Waals surface area contributed by atoms with Gasteiger partial charge in [-0.05, 0) is 29.9 Å². The minimum Gasteiger partial charge on any atom is -0.347 e. The fourth-order valence-electron chi connectivity index (χ4n) is 3.05. The van der Waals surface area contributed by atoms with Crippen LogP contribution >= 0.6 is 0 Å². The fraction of sp³-hybridized carbons (Fsp3) is 0.500. The van der Waals surface area contributed by atoms with Gasteiger partial charge < -0.3 is 5.32 Å². The molecule has 1 N–H and O–H groups in total. The summed E-state index contributed by atoms with van der Waals surface area (Å²) >= 11 is 0. The summed E-state index contributed by atoms with van der Waals surface area (Å²) < 4.78 is 0. The van der Waals surface area contributed by atoms with E-state index in [1.807, 2.05) is 38.1 Å². The van der Waals surface area contributed by atoms with Crippen molar-refractivity contribution in [1.29, 1.82) is 0 Å². The van der Waals surface area contributed by atoms with Crippen molar-refractivity contribution in [2.45, 2.75) is 46.6 Å². The minimum atomic E-state index is -0.959. The van der Waals surface area contributed by atoms with Gasteiger partial charge >= 0.3 is 17.8 Å². The van der Waals surface area contributed by atoms with E-state index in [4.69, 9.17) is 0 Å². The number of carbonyl (C=O) groups excluding carboxylic acids is 4. The zero-order valence-corrected chi connectivity index (χ0v) is 16.5. The molecule has 0 aliphatic carbocycles. The predicted octanol–water partition coefficient (Wildman–Crippen LogP) is 2.43. The van der Waals surface area contributed by atoms with Gasteiger partial charge in [0.1, 0.15) is 6.54 Å². The molecule has 0 unspecified atom stereocenters. The molecule has 0 saturated carbocycles. The van der Waals surface area contributed by atoms with Crippen LogP contribution in [-0.4, -0.2) is 46.6 Å². The summed E-state index contributed by atoms with van der Waals surface area (Å²) in [6.07, 6.45) is 0. The van der Waals surface area contributed by atoms with Crippen molar-refractivity contribution in [2.75, 3.05) is 13.1 Å². The van der Waals surface area contributed by atoms with Crippen molar-refractivity contribution in [3.63, 3.8) is 0 Å². The Balaban J connectivity index is 2.10. The highest BCUT2D eigenvalue weighted by molar-refractivity contribution is 6.45. The summed E-state index contributed by atoms with van der Waals surface area (Å²) in [5, 5.41) is 2.88. The highest BCUT2D eigenvalue weighted by Gasteiger charge is 2.44. The molecule has 5 amide bonds. The van der Waals surface area contributed by atoms with Gasteiger partial charge in [-0.25, -0.2) is 9.69 Å². The van der Waals surface area contributed by atoms with Gasteiger partial charge in [0.2, 0.25) is 5.91 Å². The quantitative estimate of drug-likeness (QED) is 0.587. The Morgan fingerprint density at radius 2 is 1.44 bits per heavy atom. The lowest BCUT2D eigenvalue weighted by Gasteiger charge is -2.24. The molecule has 2 rings (SSSR count). The summed E-state index contributed by atoms with van der Waals surface area (Å²) in [4.78, 5) is 49.8. The summed E-state index contributed by atoms with van der Waals surface area (Å²) in [5.74, 6) is -1.80. The Kier molecular flexibility index (Phi) is 6.36. The van der Waals surface area contributed by atoms with Gasteiger partial charge in [-0.3, -0.25) is 19.3 Å². The SMILES string of the molecule is CCN1C(=O)C(=O)N(CC(=O)N[C@@H](c2ccc(C(C)C)cc2)C(C)C)C1=O. The van der Waals surface area contributed by atoms with Crippen LogP contribution in [0, 0.1) is 5.92 Å². The highest BCUT2D eigenvalue weighted by atomic mass is 16.2. The summed E-state index contributed by atoms with van der Waals surface area (Å²) in [6, 6.07) is 7.03. The van der Waals surface area contributed by atoms with E-state index >= 15 is 0 Å². The first kappa shape index (κ1) is 20.6. The van der Waals surface area contributed by atoms with Crippen LogP contribution in [0.5, 0.6) is 0 Å². The van der Waals surface area contributed by atoms with Crippen molar-refractivity contribution in [2.24, 2.45) is 5.92 Å². The summed E-state index contributed by atoms with van der Waals surface area (Å²) in [5.41, 5.74) is 2.16. The molecule has 1 aromatic rings. The molecule has 1 fully saturated rings. The highest BCUT2D eigenvalue weighted by Crippen LogP contribution is 2.24. The number of amides is 5. The molecule has 0 aromatic heterocycles. The van der Waals surface area contributed by atoms with Crippen LogP contribution in [0.4, 0.5) is 4.79 Å². The lowest BCUT2D eigenvalue weighted by molar-refractivity contribution is -0.144. The lowest BCUT2D eigenvalue weighted by atomic mass is 9.93. The number of hydrogen-bond acceptors (Lipinski definition) is 4. The van der Waals surface area contributed by atoms with Crippen molar-refractivity contribution in [1.82, 2.24) is 15.1 Å². The monoisotopic (exact) mass is 373 g/mol. The second kappa shape index (κ2) is 8.33. The van der Waals surface area contributed by atoms with Crippen LogP contribution in [0.3, 0.4) is 0 Å². The van der Waals surface area contributed by atoms with Crippen LogP contribution in [0.15, 0.2) is 24.3 Å². The maximum atomic E-state index is 12.5. The summed E-state index contributed by atoms with van der Waals surface area (Å²) in [7, 11) is 0. The zero-order chi connectivity index (χ0) is 20.3. The molecule has 1 atom stereocenters. The molecule has 0 spiro atoms. The zero-order valence-electron chi connectivity index (χ0n) is 16.5. The third-order valence-electron chi connectivity index (χ3n) is 4.70. The number of rotatable bonds is 7. The van der Waals surface area contributed by atoms with E-state index in [1.54, 1.807) is 6.92 Å². The number of carbonyl (C=O) groups is 4. The molecule has 1 aliphatic rings. The molecule has 0 bridgehead atoms. The van der Waals surface area contributed by atoms with Gasteiger partial charge in [-0.2, -0.15) is 0 Å². The Bertz CT molecular complexity index is 740. The molecule has 1 aromatic carbocycles. The van der Waals surface area contributed by atoms with Gasteiger partial charge in [-0.1, -0.05) is 52.0 Å². The Hall–Kier alpha value is -2.70. The van der Waals surface area contributed by atoms with Crippen molar-refractivity contribution in [3.8, 4) is 0 Å². The van der Waals surface area contributed by atoms with E-state index in [9.17, 15) is 19.2 Å². The van der Waals surface area contributed by atoms with Crippen LogP contribution < -0.4 is 5.32 Å². The largest absolute Gasteiger partial charge is 0.347 e. The molecule has 1 heterocycles. The first-order valence-electron chi connectivity index (χ1n) is 9.23. The third kappa shape index (κ3) is 4.35. The number of hydrogen-bond donors (Lipinski definition) is 1. The number of likely N-dealkylation sites (N-methyl/N-ethyl adjacent to an activating group) is 1. The Morgan fingerprint density at radius 3 is 1.89 bits per heavy atom. The number of benzene rings is 1. The smallest absolute Gasteiger partial charge is 0.334 e. The molecule has 27 heavy (non-hydrogen) atoms. The average molecular weight is 373 g/mol. The van der Waals surface area contributed by atoms with Crippen LogP contribution in [0.1, 0.15) is 57.7 Å². The Labute approximate surface area is 159 Å². The lowest BCUT2D eigenvalue weighted by Crippen LogP contribution is -2.43. The Morgan fingerprint density at radius 1 is 0.926 bits per heavy atom. The van der Waals surface area contributed by atoms with Crippen molar-refractivity contribution >= 4 is 23.8 Å². The molecule has 7 nitrogen and oxygen atoms in total. The van der Waals surface area contributed by atoms with E-state index in [1.165, 1.54) is 5.56 Å². The molecule has 0 radical (unpaired) electrons. The number of imide groups is 2. The molecule has 1 aliphatic heterocycles. The van der Waals surface area contributed by atoms with Crippen LogP contribution in [0.2, 0.25) is 0 Å². The van der Waals surface area contributed by atoms with Gasteiger partial charge in [0, 0.05) is 6.54 Å². The predicted molar refractivity (Wildman–Crippen MR) is 101 cm³/mol. The standard InChI is InChI=1S/C20H27N3O4/c1-6-22-18(25)19(26)23(20(22)27)11-16(24)21-17(13(4)5)15-9-7-14(8-10-15)12(2)3/h7-10,12-13,17H,6,11H2,1-5H3,(H,21,24)/t17-/m1/s1. The van der Waals surface area contributed by atoms with Crippen LogP contribution in [-0.2, 0) is 14.4 Å². The molecule has 146 valence electrons. The van der Waals surface area contributed by atoms with E-state index in [-0.39, 0.29) is 18.5 Å². The third-order valence-corrected chi connectivity index (χ3v) is 4.70. The fourth-order valence-corrected chi connectivity index (χ4v) is 3.05. The maximum absolute atomic E-state index is 12.5. The van der Waals surface area contributed by atoms with Gasteiger partial charge in [0.05, 0.1) is 6.04 Å². The van der Waals surface area contributed by atoms with Gasteiger partial charge in [0.15, 0.2) is 0 Å². The molecular weight excluding hydrogens is 346 g/mol. The topological polar surface area (TPSA) is 86.8 Å². The number of nitrogens with one attached hydrogen (secondary N) is 1. The second-order valence-corrected chi connectivity index (χ2v) is 7.33. The normalized spacial score (nSPS) is 15.9. The van der Waals surface area contributed by atoms with E-state index in [2.05, 4.69) is 19.2 Å². The van der Waals surface area contributed by atoms with Gasteiger partial charge in [0.25, 0.3) is 0 Å². The van der Waals surface area contributed by atoms with E-state index in [0.29, 0.717) is 10.8 Å².